The van der Waals surface area contributed by atoms with Crippen LogP contribution in [0.4, 0.5) is 0 Å². The number of aryl methyl sites for hydroxylation is 1. The van der Waals surface area contributed by atoms with Crippen molar-refractivity contribution in [2.45, 2.75) is 19.9 Å². The van der Waals surface area contributed by atoms with Crippen LogP contribution in [0.3, 0.4) is 0 Å². The van der Waals surface area contributed by atoms with Crippen LogP contribution in [-0.4, -0.2) is 29.1 Å². The Morgan fingerprint density at radius 1 is 1.44 bits per heavy atom. The molecular weight excluding hydrogens is 228 g/mol. The van der Waals surface area contributed by atoms with Crippen molar-refractivity contribution in [1.82, 2.24) is 20.7 Å². The van der Waals surface area contributed by atoms with Gasteiger partial charge in [0.05, 0.1) is 19.3 Å². The predicted molar refractivity (Wildman–Crippen MR) is 69.6 cm³/mol. The van der Waals surface area contributed by atoms with Gasteiger partial charge in [-0.3, -0.25) is 0 Å². The maximum absolute atomic E-state index is 5.43. The average molecular weight is 246 g/mol. The molecule has 1 aromatic carbocycles. The van der Waals surface area contributed by atoms with E-state index in [0.717, 1.165) is 23.6 Å². The Kier molecular flexibility index (Phi) is 3.94. The third kappa shape index (κ3) is 2.51. The lowest BCUT2D eigenvalue weighted by Gasteiger charge is -2.19. The fourth-order valence-corrected chi connectivity index (χ4v) is 2.01. The first-order valence-electron chi connectivity index (χ1n) is 5.99. The van der Waals surface area contributed by atoms with Crippen LogP contribution in [0, 0.1) is 6.92 Å². The van der Waals surface area contributed by atoms with Gasteiger partial charge in [0.15, 0.2) is 0 Å². The van der Waals surface area contributed by atoms with Crippen LogP contribution < -0.4 is 10.1 Å². The number of hydrogen-bond acceptors (Lipinski definition) is 4. The average Bonchev–Trinajstić information content (AvgIpc) is 2.89. The minimum atomic E-state index is -0.0106. The summed E-state index contributed by atoms with van der Waals surface area (Å²) >= 11 is 0. The molecule has 18 heavy (non-hydrogen) atoms. The van der Waals surface area contributed by atoms with Crippen molar-refractivity contribution < 1.29 is 4.74 Å². The van der Waals surface area contributed by atoms with Crippen LogP contribution in [0.2, 0.25) is 0 Å². The molecular formula is C13H18N4O. The number of H-pyrrole nitrogens is 1. The summed E-state index contributed by atoms with van der Waals surface area (Å²) in [7, 11) is 1.68. The molecule has 2 rings (SSSR count). The Morgan fingerprint density at radius 2 is 2.28 bits per heavy atom. The summed E-state index contributed by atoms with van der Waals surface area (Å²) in [5, 5.41) is 14.1. The van der Waals surface area contributed by atoms with Crippen LogP contribution in [0.25, 0.3) is 0 Å². The highest BCUT2D eigenvalue weighted by molar-refractivity contribution is 5.42. The van der Waals surface area contributed by atoms with E-state index in [9.17, 15) is 0 Å². The van der Waals surface area contributed by atoms with Crippen molar-refractivity contribution in [3.8, 4) is 5.75 Å². The molecule has 1 unspecified atom stereocenters. The predicted octanol–water partition coefficient (Wildman–Crippen LogP) is 1.82. The second kappa shape index (κ2) is 5.64. The molecule has 0 amide bonds. The van der Waals surface area contributed by atoms with E-state index in [1.807, 2.05) is 12.1 Å². The van der Waals surface area contributed by atoms with E-state index in [-0.39, 0.29) is 6.04 Å². The molecule has 5 nitrogen and oxygen atoms in total. The van der Waals surface area contributed by atoms with Crippen molar-refractivity contribution in [2.24, 2.45) is 0 Å². The van der Waals surface area contributed by atoms with Crippen LogP contribution in [0.15, 0.2) is 24.4 Å². The Labute approximate surface area is 107 Å². The van der Waals surface area contributed by atoms with Crippen LogP contribution in [0.1, 0.15) is 29.8 Å². The summed E-state index contributed by atoms with van der Waals surface area (Å²) in [5.74, 6) is 0.856. The van der Waals surface area contributed by atoms with Gasteiger partial charge in [-0.25, -0.2) is 0 Å². The normalized spacial score (nSPS) is 12.4. The van der Waals surface area contributed by atoms with E-state index in [4.69, 9.17) is 4.74 Å². The lowest BCUT2D eigenvalue weighted by Crippen LogP contribution is -2.23. The van der Waals surface area contributed by atoms with Gasteiger partial charge in [-0.1, -0.05) is 24.6 Å². The second-order valence-corrected chi connectivity index (χ2v) is 4.13. The number of nitrogens with one attached hydrogen (secondary N) is 2. The van der Waals surface area contributed by atoms with E-state index in [1.165, 1.54) is 5.56 Å². The fourth-order valence-electron chi connectivity index (χ4n) is 2.01. The topological polar surface area (TPSA) is 62.8 Å². The van der Waals surface area contributed by atoms with Gasteiger partial charge in [0.2, 0.25) is 0 Å². The number of methoxy groups -OCH3 is 1. The molecule has 0 bridgehead atoms. The Balaban J connectivity index is 2.45. The van der Waals surface area contributed by atoms with E-state index < -0.39 is 0 Å². The molecule has 5 heteroatoms. The maximum Gasteiger partial charge on any atom is 0.124 e. The summed E-state index contributed by atoms with van der Waals surface area (Å²) in [6.07, 6.45) is 1.73. The first-order valence-corrected chi connectivity index (χ1v) is 5.99. The molecule has 1 aromatic heterocycles. The number of ether oxygens (including phenoxy) is 1. The third-order valence-corrected chi connectivity index (χ3v) is 2.83. The standard InChI is InChI=1S/C13H18N4O/c1-4-14-13(11-8-15-17-16-11)10-7-9(2)5-6-12(10)18-3/h5-8,13-14H,4H2,1-3H3,(H,15,16,17). The molecule has 1 atom stereocenters. The fraction of sp³-hybridized carbons (Fsp3) is 0.385. The van der Waals surface area contributed by atoms with Crippen LogP contribution >= 0.6 is 0 Å². The molecule has 96 valence electrons. The summed E-state index contributed by atoms with van der Waals surface area (Å²) in [5.41, 5.74) is 3.13. The smallest absolute Gasteiger partial charge is 0.124 e. The highest BCUT2D eigenvalue weighted by Gasteiger charge is 2.19. The number of nitrogens with zero attached hydrogens (tertiary/aromatic N) is 2. The van der Waals surface area contributed by atoms with E-state index in [1.54, 1.807) is 13.3 Å². The zero-order valence-electron chi connectivity index (χ0n) is 10.9. The van der Waals surface area contributed by atoms with Gasteiger partial charge in [0, 0.05) is 5.56 Å². The number of rotatable bonds is 5. The zero-order chi connectivity index (χ0) is 13.0. The van der Waals surface area contributed by atoms with Gasteiger partial charge < -0.3 is 10.1 Å². The summed E-state index contributed by atoms with van der Waals surface area (Å²) in [6.45, 7) is 4.97. The molecule has 2 N–H and O–H groups in total. The highest BCUT2D eigenvalue weighted by Crippen LogP contribution is 2.29. The lowest BCUT2D eigenvalue weighted by atomic mass is 10.0. The quantitative estimate of drug-likeness (QED) is 0.844. The van der Waals surface area contributed by atoms with Gasteiger partial charge in [0.25, 0.3) is 0 Å². The minimum absolute atomic E-state index is 0.0106. The van der Waals surface area contributed by atoms with Gasteiger partial charge in [0.1, 0.15) is 11.4 Å². The first kappa shape index (κ1) is 12.6. The molecule has 0 aliphatic carbocycles. The number of aromatic amines is 1. The first-order chi connectivity index (χ1) is 8.76. The second-order valence-electron chi connectivity index (χ2n) is 4.13. The zero-order valence-corrected chi connectivity index (χ0v) is 10.9. The van der Waals surface area contributed by atoms with E-state index in [2.05, 4.69) is 40.6 Å². The third-order valence-electron chi connectivity index (χ3n) is 2.83. The number of benzene rings is 1. The largest absolute Gasteiger partial charge is 0.496 e. The SMILES string of the molecule is CCNC(c1cn[nH]n1)c1cc(C)ccc1OC. The molecule has 0 saturated heterocycles. The molecule has 0 aliphatic rings. The van der Waals surface area contributed by atoms with Gasteiger partial charge in [-0.05, 0) is 19.5 Å². The minimum Gasteiger partial charge on any atom is -0.496 e. The molecule has 0 saturated carbocycles. The number of aromatic nitrogens is 3. The maximum atomic E-state index is 5.43. The van der Waals surface area contributed by atoms with Gasteiger partial charge >= 0.3 is 0 Å². The Hall–Kier alpha value is -1.88. The lowest BCUT2D eigenvalue weighted by molar-refractivity contribution is 0.403. The van der Waals surface area contributed by atoms with Gasteiger partial charge in [-0.15, -0.1) is 0 Å². The molecule has 0 radical (unpaired) electrons. The molecule has 2 aromatic rings. The summed E-state index contributed by atoms with van der Waals surface area (Å²) < 4.78 is 5.43. The van der Waals surface area contributed by atoms with E-state index >= 15 is 0 Å². The van der Waals surface area contributed by atoms with Crippen molar-refractivity contribution >= 4 is 0 Å². The molecule has 0 spiro atoms. The van der Waals surface area contributed by atoms with Gasteiger partial charge in [-0.2, -0.15) is 15.4 Å². The van der Waals surface area contributed by atoms with Crippen molar-refractivity contribution in [2.75, 3.05) is 13.7 Å². The molecule has 1 heterocycles. The van der Waals surface area contributed by atoms with Crippen molar-refractivity contribution in [3.63, 3.8) is 0 Å². The summed E-state index contributed by atoms with van der Waals surface area (Å²) in [4.78, 5) is 0. The van der Waals surface area contributed by atoms with Crippen molar-refractivity contribution in [3.05, 3.63) is 41.2 Å². The summed E-state index contributed by atoms with van der Waals surface area (Å²) in [6, 6.07) is 6.12. The number of hydrogen-bond donors (Lipinski definition) is 2. The van der Waals surface area contributed by atoms with Crippen molar-refractivity contribution in [1.29, 1.82) is 0 Å². The highest BCUT2D eigenvalue weighted by atomic mass is 16.5. The monoisotopic (exact) mass is 246 g/mol. The Morgan fingerprint density at radius 3 is 2.89 bits per heavy atom. The van der Waals surface area contributed by atoms with Crippen LogP contribution in [-0.2, 0) is 0 Å². The molecule has 0 fully saturated rings. The molecule has 0 aliphatic heterocycles. The van der Waals surface area contributed by atoms with Crippen LogP contribution in [0.5, 0.6) is 5.75 Å². The Bertz CT molecular complexity index is 496. The van der Waals surface area contributed by atoms with E-state index in [0.29, 0.717) is 0 Å².